The molecule has 0 saturated heterocycles. The number of hydrogen-bond acceptors (Lipinski definition) is 3. The molecule has 0 aliphatic heterocycles. The van der Waals surface area contributed by atoms with E-state index in [0.717, 1.165) is 19.3 Å². The minimum atomic E-state index is -0.528. The Morgan fingerprint density at radius 3 is 2.75 bits per heavy atom. The van der Waals surface area contributed by atoms with Crippen LogP contribution in [0.4, 0.5) is 10.1 Å². The summed E-state index contributed by atoms with van der Waals surface area (Å²) in [5, 5.41) is 21.2. The lowest BCUT2D eigenvalue weighted by molar-refractivity contribution is 0.144. The smallest absolute Gasteiger partial charge is 0.143 e. The Hall–Kier alpha value is -1.60. The SMILES string of the molecule is N#Cc1c(F)cccc1NC1(CO)CCC1. The van der Waals surface area contributed by atoms with Crippen LogP contribution in [-0.4, -0.2) is 17.3 Å². The first kappa shape index (κ1) is 10.9. The van der Waals surface area contributed by atoms with Crippen molar-refractivity contribution in [1.82, 2.24) is 0 Å². The molecule has 1 aromatic rings. The van der Waals surface area contributed by atoms with Crippen LogP contribution in [0, 0.1) is 17.1 Å². The molecule has 16 heavy (non-hydrogen) atoms. The van der Waals surface area contributed by atoms with Gasteiger partial charge in [0.25, 0.3) is 0 Å². The number of aliphatic hydroxyl groups is 1. The van der Waals surface area contributed by atoms with E-state index >= 15 is 0 Å². The fourth-order valence-corrected chi connectivity index (χ4v) is 1.95. The van der Waals surface area contributed by atoms with E-state index in [0.29, 0.717) is 5.69 Å². The molecule has 1 saturated carbocycles. The molecular formula is C12H13FN2O. The summed E-state index contributed by atoms with van der Waals surface area (Å²) in [5.41, 5.74) is 0.123. The van der Waals surface area contributed by atoms with E-state index in [4.69, 9.17) is 5.26 Å². The number of nitriles is 1. The molecule has 0 amide bonds. The van der Waals surface area contributed by atoms with Crippen LogP contribution < -0.4 is 5.32 Å². The molecule has 2 N–H and O–H groups in total. The third kappa shape index (κ3) is 1.74. The number of aliphatic hydroxyl groups excluding tert-OH is 1. The van der Waals surface area contributed by atoms with E-state index < -0.39 is 5.82 Å². The number of nitrogens with one attached hydrogen (secondary N) is 1. The molecule has 0 unspecified atom stereocenters. The van der Waals surface area contributed by atoms with Crippen molar-refractivity contribution in [3.05, 3.63) is 29.6 Å². The Labute approximate surface area is 93.5 Å². The number of rotatable bonds is 3. The van der Waals surface area contributed by atoms with Crippen LogP contribution in [0.2, 0.25) is 0 Å². The van der Waals surface area contributed by atoms with Gasteiger partial charge in [-0.25, -0.2) is 4.39 Å². The van der Waals surface area contributed by atoms with Crippen molar-refractivity contribution in [3.8, 4) is 6.07 Å². The van der Waals surface area contributed by atoms with E-state index in [2.05, 4.69) is 5.32 Å². The zero-order chi connectivity index (χ0) is 11.6. The van der Waals surface area contributed by atoms with Crippen molar-refractivity contribution in [3.63, 3.8) is 0 Å². The normalized spacial score (nSPS) is 17.3. The number of benzene rings is 1. The van der Waals surface area contributed by atoms with Crippen molar-refractivity contribution < 1.29 is 9.50 Å². The molecule has 0 atom stereocenters. The van der Waals surface area contributed by atoms with Crippen LogP contribution in [0.1, 0.15) is 24.8 Å². The second-order valence-electron chi connectivity index (χ2n) is 4.19. The fourth-order valence-electron chi connectivity index (χ4n) is 1.95. The van der Waals surface area contributed by atoms with Gasteiger partial charge in [-0.3, -0.25) is 0 Å². The van der Waals surface area contributed by atoms with Crippen molar-refractivity contribution in [2.75, 3.05) is 11.9 Å². The van der Waals surface area contributed by atoms with E-state index in [1.165, 1.54) is 6.07 Å². The summed E-state index contributed by atoms with van der Waals surface area (Å²) >= 11 is 0. The second kappa shape index (κ2) is 4.11. The molecule has 1 aromatic carbocycles. The quantitative estimate of drug-likeness (QED) is 0.819. The summed E-state index contributed by atoms with van der Waals surface area (Å²) in [6.45, 7) is 0.00832. The molecule has 1 fully saturated rings. The summed E-state index contributed by atoms with van der Waals surface area (Å²) in [4.78, 5) is 0. The number of nitrogens with zero attached hydrogens (tertiary/aromatic N) is 1. The Morgan fingerprint density at radius 2 is 2.25 bits per heavy atom. The Kier molecular flexibility index (Phi) is 2.80. The molecule has 0 radical (unpaired) electrons. The second-order valence-corrected chi connectivity index (χ2v) is 4.19. The van der Waals surface area contributed by atoms with Gasteiger partial charge in [0.1, 0.15) is 17.4 Å². The zero-order valence-electron chi connectivity index (χ0n) is 8.83. The standard InChI is InChI=1S/C12H13FN2O/c13-10-3-1-4-11(9(10)7-14)15-12(8-16)5-2-6-12/h1,3-4,15-16H,2,5-6,8H2. The summed E-state index contributed by atoms with van der Waals surface area (Å²) in [6, 6.07) is 6.32. The molecule has 1 aliphatic carbocycles. The minimum Gasteiger partial charge on any atom is -0.394 e. The predicted octanol–water partition coefficient (Wildman–Crippen LogP) is 2.02. The minimum absolute atomic E-state index is 0.00832. The maximum atomic E-state index is 13.3. The average molecular weight is 220 g/mol. The van der Waals surface area contributed by atoms with Gasteiger partial charge in [0, 0.05) is 0 Å². The van der Waals surface area contributed by atoms with E-state index in [1.54, 1.807) is 12.1 Å². The highest BCUT2D eigenvalue weighted by Gasteiger charge is 2.36. The van der Waals surface area contributed by atoms with Gasteiger partial charge in [-0.05, 0) is 31.4 Å². The summed E-state index contributed by atoms with van der Waals surface area (Å²) < 4.78 is 13.3. The largest absolute Gasteiger partial charge is 0.394 e. The van der Waals surface area contributed by atoms with Crippen LogP contribution in [0.25, 0.3) is 0 Å². The van der Waals surface area contributed by atoms with Crippen LogP contribution in [-0.2, 0) is 0 Å². The molecule has 0 spiro atoms. The average Bonchev–Trinajstić information content (AvgIpc) is 2.23. The van der Waals surface area contributed by atoms with Gasteiger partial charge in [0.15, 0.2) is 0 Å². The number of anilines is 1. The first-order valence-corrected chi connectivity index (χ1v) is 5.28. The summed E-state index contributed by atoms with van der Waals surface area (Å²) in [7, 11) is 0. The predicted molar refractivity (Wildman–Crippen MR) is 58.4 cm³/mol. The third-order valence-electron chi connectivity index (χ3n) is 3.14. The maximum absolute atomic E-state index is 13.3. The molecule has 0 aromatic heterocycles. The Balaban J connectivity index is 2.28. The van der Waals surface area contributed by atoms with Crippen LogP contribution >= 0.6 is 0 Å². The first-order valence-electron chi connectivity index (χ1n) is 5.28. The molecule has 84 valence electrons. The fraction of sp³-hybridized carbons (Fsp3) is 0.417. The summed E-state index contributed by atoms with van der Waals surface area (Å²) in [6.07, 6.45) is 2.75. The third-order valence-corrected chi connectivity index (χ3v) is 3.14. The van der Waals surface area contributed by atoms with Crippen LogP contribution in [0.15, 0.2) is 18.2 Å². The van der Waals surface area contributed by atoms with Crippen LogP contribution in [0.5, 0.6) is 0 Å². The molecule has 3 nitrogen and oxygen atoms in total. The van der Waals surface area contributed by atoms with Crippen LogP contribution in [0.3, 0.4) is 0 Å². The van der Waals surface area contributed by atoms with E-state index in [-0.39, 0.29) is 17.7 Å². The van der Waals surface area contributed by atoms with Gasteiger partial charge in [-0.2, -0.15) is 5.26 Å². The lowest BCUT2D eigenvalue weighted by atomic mass is 9.77. The van der Waals surface area contributed by atoms with Gasteiger partial charge in [0.05, 0.1) is 17.8 Å². The summed E-state index contributed by atoms with van der Waals surface area (Å²) in [5.74, 6) is -0.528. The molecule has 2 rings (SSSR count). The molecule has 0 heterocycles. The highest BCUT2D eigenvalue weighted by atomic mass is 19.1. The highest BCUT2D eigenvalue weighted by molar-refractivity contribution is 5.59. The maximum Gasteiger partial charge on any atom is 0.143 e. The highest BCUT2D eigenvalue weighted by Crippen LogP contribution is 2.35. The molecular weight excluding hydrogens is 207 g/mol. The monoisotopic (exact) mass is 220 g/mol. The van der Waals surface area contributed by atoms with Gasteiger partial charge >= 0.3 is 0 Å². The zero-order valence-corrected chi connectivity index (χ0v) is 8.83. The number of halogens is 1. The molecule has 0 bridgehead atoms. The van der Waals surface area contributed by atoms with Gasteiger partial charge in [-0.1, -0.05) is 6.07 Å². The van der Waals surface area contributed by atoms with Gasteiger partial charge in [0.2, 0.25) is 0 Å². The van der Waals surface area contributed by atoms with E-state index in [9.17, 15) is 9.50 Å². The van der Waals surface area contributed by atoms with Crippen molar-refractivity contribution >= 4 is 5.69 Å². The van der Waals surface area contributed by atoms with Gasteiger partial charge < -0.3 is 10.4 Å². The van der Waals surface area contributed by atoms with Crippen molar-refractivity contribution in [2.45, 2.75) is 24.8 Å². The first-order chi connectivity index (χ1) is 7.71. The Bertz CT molecular complexity index is 430. The topological polar surface area (TPSA) is 56.0 Å². The van der Waals surface area contributed by atoms with Gasteiger partial charge in [-0.15, -0.1) is 0 Å². The van der Waals surface area contributed by atoms with Crippen molar-refractivity contribution in [2.24, 2.45) is 0 Å². The van der Waals surface area contributed by atoms with E-state index in [1.807, 2.05) is 6.07 Å². The Morgan fingerprint density at radius 1 is 1.50 bits per heavy atom. The van der Waals surface area contributed by atoms with Crippen molar-refractivity contribution in [1.29, 1.82) is 5.26 Å². The molecule has 4 heteroatoms. The lowest BCUT2D eigenvalue weighted by Gasteiger charge is -2.42. The molecule has 1 aliphatic rings. The number of hydrogen-bond donors (Lipinski definition) is 2. The lowest BCUT2D eigenvalue weighted by Crippen LogP contribution is -2.48.